The first-order chi connectivity index (χ1) is 11.3. The third kappa shape index (κ3) is 4.54. The van der Waals surface area contributed by atoms with Crippen LogP contribution in [0.4, 0.5) is 0 Å². The molecule has 1 aromatic heterocycles. The van der Waals surface area contributed by atoms with Gasteiger partial charge in [0.05, 0.1) is 13.0 Å². The third-order valence-corrected chi connectivity index (χ3v) is 3.62. The van der Waals surface area contributed by atoms with E-state index in [2.05, 4.69) is 22.5 Å². The maximum Gasteiger partial charge on any atom is 0.224 e. The molecule has 4 nitrogen and oxygen atoms in total. The molecule has 0 radical (unpaired) electrons. The lowest BCUT2D eigenvalue weighted by molar-refractivity contribution is -0.120. The Bertz CT molecular complexity index is 734. The van der Waals surface area contributed by atoms with Crippen molar-refractivity contribution >= 4 is 5.91 Å². The van der Waals surface area contributed by atoms with E-state index in [1.54, 1.807) is 6.20 Å². The molecule has 0 unspecified atom stereocenters. The van der Waals surface area contributed by atoms with Crippen LogP contribution < -0.4 is 5.32 Å². The molecule has 0 bridgehead atoms. The number of hydrogen-bond acceptors (Lipinski definition) is 2. The molecule has 116 valence electrons. The summed E-state index contributed by atoms with van der Waals surface area (Å²) < 4.78 is 1.89. The quantitative estimate of drug-likeness (QED) is 0.761. The number of carbonyl (C=O) groups excluding carboxylic acids is 1. The molecule has 0 spiro atoms. The summed E-state index contributed by atoms with van der Waals surface area (Å²) in [5.41, 5.74) is 3.31. The molecule has 0 aliphatic heterocycles. The van der Waals surface area contributed by atoms with Crippen molar-refractivity contribution in [2.24, 2.45) is 0 Å². The van der Waals surface area contributed by atoms with Gasteiger partial charge in [0.15, 0.2) is 0 Å². The van der Waals surface area contributed by atoms with Gasteiger partial charge in [-0.15, -0.1) is 0 Å². The fourth-order valence-corrected chi connectivity index (χ4v) is 2.39. The van der Waals surface area contributed by atoms with E-state index in [-0.39, 0.29) is 5.91 Å². The van der Waals surface area contributed by atoms with Crippen LogP contribution in [0.3, 0.4) is 0 Å². The van der Waals surface area contributed by atoms with Gasteiger partial charge in [0.25, 0.3) is 0 Å². The van der Waals surface area contributed by atoms with Crippen LogP contribution in [0, 0.1) is 0 Å². The minimum Gasteiger partial charge on any atom is -0.352 e. The highest BCUT2D eigenvalue weighted by molar-refractivity contribution is 5.78. The normalized spacial score (nSPS) is 10.4. The molecule has 1 amide bonds. The highest BCUT2D eigenvalue weighted by Crippen LogP contribution is 2.06. The van der Waals surface area contributed by atoms with Crippen LogP contribution in [0.15, 0.2) is 73.1 Å². The molecule has 2 aromatic carbocycles. The number of benzene rings is 2. The first-order valence-corrected chi connectivity index (χ1v) is 7.65. The van der Waals surface area contributed by atoms with Gasteiger partial charge in [-0.25, -0.2) is 0 Å². The Labute approximate surface area is 135 Å². The molecule has 23 heavy (non-hydrogen) atoms. The van der Waals surface area contributed by atoms with Crippen molar-refractivity contribution < 1.29 is 4.79 Å². The van der Waals surface area contributed by atoms with E-state index in [1.165, 1.54) is 5.56 Å². The molecule has 1 N–H and O–H groups in total. The maximum atomic E-state index is 11.9. The van der Waals surface area contributed by atoms with Crippen LogP contribution in [0.25, 0.3) is 0 Å². The zero-order valence-electron chi connectivity index (χ0n) is 12.9. The summed E-state index contributed by atoms with van der Waals surface area (Å²) in [5, 5.41) is 7.15. The van der Waals surface area contributed by atoms with Gasteiger partial charge in [0, 0.05) is 18.9 Å². The lowest BCUT2D eigenvalue weighted by Crippen LogP contribution is -2.24. The van der Waals surface area contributed by atoms with E-state index in [0.717, 1.165) is 17.7 Å². The molecule has 0 aliphatic carbocycles. The second-order valence-electron chi connectivity index (χ2n) is 5.46. The standard InChI is InChI=1S/C19H19N3O/c23-19(13-16-5-2-1-3-6-16)20-14-17-7-9-18(10-8-17)15-22-12-4-11-21-22/h1-12H,13-15H2,(H,20,23). The molecule has 0 aliphatic rings. The molecule has 0 saturated heterocycles. The highest BCUT2D eigenvalue weighted by atomic mass is 16.1. The Morgan fingerprint density at radius 3 is 2.35 bits per heavy atom. The average Bonchev–Trinajstić information content (AvgIpc) is 3.08. The van der Waals surface area contributed by atoms with Gasteiger partial charge < -0.3 is 5.32 Å². The van der Waals surface area contributed by atoms with E-state index in [1.807, 2.05) is 59.4 Å². The van der Waals surface area contributed by atoms with Crippen molar-refractivity contribution in [3.05, 3.63) is 89.7 Å². The minimum absolute atomic E-state index is 0.0387. The summed E-state index contributed by atoms with van der Waals surface area (Å²) in [7, 11) is 0. The second-order valence-corrected chi connectivity index (χ2v) is 5.46. The number of nitrogens with zero attached hydrogens (tertiary/aromatic N) is 2. The summed E-state index contributed by atoms with van der Waals surface area (Å²) in [4.78, 5) is 11.9. The topological polar surface area (TPSA) is 46.9 Å². The van der Waals surface area contributed by atoms with Crippen molar-refractivity contribution in [2.75, 3.05) is 0 Å². The lowest BCUT2D eigenvalue weighted by Gasteiger charge is -2.07. The molecular weight excluding hydrogens is 286 g/mol. The first kappa shape index (κ1) is 15.0. The van der Waals surface area contributed by atoms with Gasteiger partial charge in [-0.3, -0.25) is 9.48 Å². The third-order valence-electron chi connectivity index (χ3n) is 3.62. The molecule has 3 aromatic rings. The van der Waals surface area contributed by atoms with Gasteiger partial charge in [0.1, 0.15) is 0 Å². The molecule has 0 saturated carbocycles. The van der Waals surface area contributed by atoms with Crippen molar-refractivity contribution in [1.29, 1.82) is 0 Å². The zero-order valence-corrected chi connectivity index (χ0v) is 12.9. The number of hydrogen-bond donors (Lipinski definition) is 1. The first-order valence-electron chi connectivity index (χ1n) is 7.65. The van der Waals surface area contributed by atoms with Crippen molar-refractivity contribution in [3.63, 3.8) is 0 Å². The van der Waals surface area contributed by atoms with Crippen molar-refractivity contribution in [3.8, 4) is 0 Å². The summed E-state index contributed by atoms with van der Waals surface area (Å²) in [5.74, 6) is 0.0387. The fourth-order valence-electron chi connectivity index (χ4n) is 2.39. The van der Waals surface area contributed by atoms with E-state index in [9.17, 15) is 4.79 Å². The van der Waals surface area contributed by atoms with Crippen molar-refractivity contribution in [2.45, 2.75) is 19.5 Å². The number of rotatable bonds is 6. The monoisotopic (exact) mass is 305 g/mol. The average molecular weight is 305 g/mol. The van der Waals surface area contributed by atoms with Gasteiger partial charge in [-0.1, -0.05) is 54.6 Å². The van der Waals surface area contributed by atoms with Crippen LogP contribution in [-0.4, -0.2) is 15.7 Å². The number of carbonyl (C=O) groups is 1. The Hall–Kier alpha value is -2.88. The predicted molar refractivity (Wildman–Crippen MR) is 89.8 cm³/mol. The van der Waals surface area contributed by atoms with Crippen LogP contribution in [-0.2, 0) is 24.3 Å². The van der Waals surface area contributed by atoms with Crippen LogP contribution in [0.1, 0.15) is 16.7 Å². The smallest absolute Gasteiger partial charge is 0.224 e. The number of aromatic nitrogens is 2. The fraction of sp³-hybridized carbons (Fsp3) is 0.158. The zero-order chi connectivity index (χ0) is 15.9. The van der Waals surface area contributed by atoms with Gasteiger partial charge in [-0.2, -0.15) is 5.10 Å². The molecule has 0 atom stereocenters. The molecule has 4 heteroatoms. The van der Waals surface area contributed by atoms with Gasteiger partial charge in [-0.05, 0) is 22.8 Å². The summed E-state index contributed by atoms with van der Waals surface area (Å²) in [6, 6.07) is 19.9. The summed E-state index contributed by atoms with van der Waals surface area (Å²) in [6.45, 7) is 1.31. The lowest BCUT2D eigenvalue weighted by atomic mass is 10.1. The summed E-state index contributed by atoms with van der Waals surface area (Å²) in [6.07, 6.45) is 4.13. The van der Waals surface area contributed by atoms with Crippen LogP contribution in [0.2, 0.25) is 0 Å². The van der Waals surface area contributed by atoms with Gasteiger partial charge >= 0.3 is 0 Å². The van der Waals surface area contributed by atoms with E-state index in [0.29, 0.717) is 13.0 Å². The Morgan fingerprint density at radius 1 is 0.913 bits per heavy atom. The Morgan fingerprint density at radius 2 is 1.65 bits per heavy atom. The Balaban J connectivity index is 1.49. The van der Waals surface area contributed by atoms with E-state index < -0.39 is 0 Å². The largest absolute Gasteiger partial charge is 0.352 e. The number of nitrogens with one attached hydrogen (secondary N) is 1. The van der Waals surface area contributed by atoms with Crippen LogP contribution >= 0.6 is 0 Å². The van der Waals surface area contributed by atoms with Crippen molar-refractivity contribution in [1.82, 2.24) is 15.1 Å². The minimum atomic E-state index is 0.0387. The molecule has 3 rings (SSSR count). The molecule has 0 fully saturated rings. The van der Waals surface area contributed by atoms with Gasteiger partial charge in [0.2, 0.25) is 5.91 Å². The van der Waals surface area contributed by atoms with E-state index in [4.69, 9.17) is 0 Å². The molecule has 1 heterocycles. The highest BCUT2D eigenvalue weighted by Gasteiger charge is 2.03. The number of amides is 1. The SMILES string of the molecule is O=C(Cc1ccccc1)NCc1ccc(Cn2cccn2)cc1. The predicted octanol–water partition coefficient (Wildman–Crippen LogP) is 2.79. The summed E-state index contributed by atoms with van der Waals surface area (Å²) >= 11 is 0. The van der Waals surface area contributed by atoms with Crippen LogP contribution in [0.5, 0.6) is 0 Å². The second kappa shape index (κ2) is 7.40. The Kier molecular flexibility index (Phi) is 4.84. The van der Waals surface area contributed by atoms with E-state index >= 15 is 0 Å². The molecular formula is C19H19N3O. The maximum absolute atomic E-state index is 11.9.